The van der Waals surface area contributed by atoms with Crippen LogP contribution >= 0.6 is 0 Å². The molecule has 0 aromatic rings. The first-order chi connectivity index (χ1) is 10.00. The minimum Gasteiger partial charge on any atom is -0.409 e. The van der Waals surface area contributed by atoms with E-state index in [1.54, 1.807) is 0 Å². The number of amides is 1. The first-order valence-electron chi connectivity index (χ1n) is 8.26. The summed E-state index contributed by atoms with van der Waals surface area (Å²) in [4.78, 5) is 12.4. The van der Waals surface area contributed by atoms with Crippen LogP contribution in [-0.4, -0.2) is 23.5 Å². The number of amidine groups is 1. The van der Waals surface area contributed by atoms with E-state index >= 15 is 0 Å². The van der Waals surface area contributed by atoms with Gasteiger partial charge in [-0.2, -0.15) is 0 Å². The van der Waals surface area contributed by atoms with Crippen LogP contribution in [0, 0.1) is 17.3 Å². The Kier molecular flexibility index (Phi) is 6.99. The van der Waals surface area contributed by atoms with Gasteiger partial charge < -0.3 is 16.3 Å². The van der Waals surface area contributed by atoms with Crippen LogP contribution in [0.25, 0.3) is 0 Å². The van der Waals surface area contributed by atoms with E-state index < -0.39 is 5.41 Å². The van der Waals surface area contributed by atoms with Crippen molar-refractivity contribution in [2.45, 2.75) is 65.7 Å². The number of rotatable bonds is 7. The molecule has 122 valence electrons. The van der Waals surface area contributed by atoms with Crippen molar-refractivity contribution in [1.82, 2.24) is 5.32 Å². The molecule has 5 heteroatoms. The van der Waals surface area contributed by atoms with Crippen molar-refractivity contribution in [3.05, 3.63) is 0 Å². The molecule has 0 bridgehead atoms. The number of hydrogen-bond acceptors (Lipinski definition) is 3. The van der Waals surface area contributed by atoms with Crippen molar-refractivity contribution in [2.24, 2.45) is 28.1 Å². The summed E-state index contributed by atoms with van der Waals surface area (Å²) in [5.41, 5.74) is 4.86. The van der Waals surface area contributed by atoms with Gasteiger partial charge in [0.2, 0.25) is 5.91 Å². The first-order valence-corrected chi connectivity index (χ1v) is 8.26. The van der Waals surface area contributed by atoms with Gasteiger partial charge in [-0.05, 0) is 31.1 Å². The maximum atomic E-state index is 12.4. The smallest absolute Gasteiger partial charge is 0.233 e. The third kappa shape index (κ3) is 4.35. The number of nitrogens with two attached hydrogens (primary N) is 1. The van der Waals surface area contributed by atoms with Crippen molar-refractivity contribution in [1.29, 1.82) is 0 Å². The minimum atomic E-state index is -0.879. The highest BCUT2D eigenvalue weighted by Crippen LogP contribution is 2.30. The molecular formula is C16H31N3O2. The zero-order chi connectivity index (χ0) is 15.9. The van der Waals surface area contributed by atoms with Crippen molar-refractivity contribution < 1.29 is 10.0 Å². The highest BCUT2D eigenvalue weighted by atomic mass is 16.4. The summed E-state index contributed by atoms with van der Waals surface area (Å²) in [7, 11) is 0. The van der Waals surface area contributed by atoms with Crippen LogP contribution in [0.1, 0.15) is 65.7 Å². The molecule has 1 aliphatic carbocycles. The predicted molar refractivity (Wildman–Crippen MR) is 85.2 cm³/mol. The van der Waals surface area contributed by atoms with Crippen LogP contribution in [0.4, 0.5) is 0 Å². The van der Waals surface area contributed by atoms with E-state index in [1.165, 1.54) is 25.7 Å². The fourth-order valence-electron chi connectivity index (χ4n) is 3.32. The predicted octanol–water partition coefficient (Wildman–Crippen LogP) is 2.87. The number of nitrogens with zero attached hydrogens (tertiary/aromatic N) is 1. The third-order valence-electron chi connectivity index (χ3n) is 5.21. The minimum absolute atomic E-state index is 0.0106. The summed E-state index contributed by atoms with van der Waals surface area (Å²) in [6.45, 7) is 6.78. The molecule has 0 aromatic carbocycles. The Morgan fingerprint density at radius 1 is 1.29 bits per heavy atom. The summed E-state index contributed by atoms with van der Waals surface area (Å²) in [6.07, 6.45) is 7.23. The molecule has 0 aromatic heterocycles. The van der Waals surface area contributed by atoms with Crippen LogP contribution < -0.4 is 11.1 Å². The van der Waals surface area contributed by atoms with Gasteiger partial charge in [-0.1, -0.05) is 51.6 Å². The Hall–Kier alpha value is -1.26. The van der Waals surface area contributed by atoms with Crippen LogP contribution in [0.15, 0.2) is 5.16 Å². The monoisotopic (exact) mass is 297 g/mol. The van der Waals surface area contributed by atoms with Gasteiger partial charge in [-0.25, -0.2) is 0 Å². The molecule has 0 heterocycles. The topological polar surface area (TPSA) is 87.7 Å². The molecule has 0 radical (unpaired) electrons. The zero-order valence-electron chi connectivity index (χ0n) is 13.7. The van der Waals surface area contributed by atoms with Gasteiger partial charge in [-0.15, -0.1) is 0 Å². The molecule has 4 N–H and O–H groups in total. The number of carbonyl (C=O) groups is 1. The van der Waals surface area contributed by atoms with Crippen molar-refractivity contribution in [3.63, 3.8) is 0 Å². The Labute approximate surface area is 128 Å². The molecule has 21 heavy (non-hydrogen) atoms. The lowest BCUT2D eigenvalue weighted by Crippen LogP contribution is -2.49. The third-order valence-corrected chi connectivity index (χ3v) is 5.21. The fourth-order valence-corrected chi connectivity index (χ4v) is 3.32. The number of hydrogen-bond donors (Lipinski definition) is 3. The van der Waals surface area contributed by atoms with Gasteiger partial charge in [0, 0.05) is 6.54 Å². The highest BCUT2D eigenvalue weighted by molar-refractivity contribution is 6.06. The van der Waals surface area contributed by atoms with Crippen LogP contribution in [0.2, 0.25) is 0 Å². The normalized spacial score (nSPS) is 23.9. The molecule has 0 spiro atoms. The van der Waals surface area contributed by atoms with Gasteiger partial charge >= 0.3 is 0 Å². The quantitative estimate of drug-likeness (QED) is 0.292. The number of nitrogens with one attached hydrogen (secondary N) is 1. The van der Waals surface area contributed by atoms with E-state index in [0.717, 1.165) is 18.3 Å². The number of carbonyl (C=O) groups excluding carboxylic acids is 1. The first kappa shape index (κ1) is 17.8. The molecule has 1 saturated carbocycles. The Bertz CT molecular complexity index is 357. The van der Waals surface area contributed by atoms with Crippen LogP contribution in [0.5, 0.6) is 0 Å². The molecule has 1 rings (SSSR count). The summed E-state index contributed by atoms with van der Waals surface area (Å²) in [6, 6.07) is 0. The lowest BCUT2D eigenvalue weighted by Gasteiger charge is -2.30. The molecule has 0 saturated heterocycles. The van der Waals surface area contributed by atoms with E-state index in [9.17, 15) is 4.79 Å². The van der Waals surface area contributed by atoms with E-state index in [0.29, 0.717) is 19.4 Å². The largest absolute Gasteiger partial charge is 0.409 e. The average molecular weight is 297 g/mol. The van der Waals surface area contributed by atoms with Gasteiger partial charge in [0.1, 0.15) is 5.41 Å². The second kappa shape index (κ2) is 8.25. The maximum absolute atomic E-state index is 12.4. The average Bonchev–Trinajstić information content (AvgIpc) is 2.50. The highest BCUT2D eigenvalue weighted by Gasteiger charge is 2.39. The van der Waals surface area contributed by atoms with Gasteiger partial charge in [0.05, 0.1) is 0 Å². The molecule has 0 unspecified atom stereocenters. The van der Waals surface area contributed by atoms with Gasteiger partial charge in [-0.3, -0.25) is 4.79 Å². The lowest BCUT2D eigenvalue weighted by molar-refractivity contribution is -0.128. The molecule has 1 fully saturated rings. The van der Waals surface area contributed by atoms with E-state index in [4.69, 9.17) is 10.9 Å². The summed E-state index contributed by atoms with van der Waals surface area (Å²) in [5, 5.41) is 15.0. The Balaban J connectivity index is 2.48. The molecule has 1 aliphatic rings. The van der Waals surface area contributed by atoms with Crippen molar-refractivity contribution in [3.8, 4) is 0 Å². The second-order valence-electron chi connectivity index (χ2n) is 6.44. The molecule has 0 aliphatic heterocycles. The number of oxime groups is 1. The molecular weight excluding hydrogens is 266 g/mol. The SMILES string of the molecule is CCC(CC)(C(=O)NCCC1CCC(C)CC1)C(N)=NO. The zero-order valence-corrected chi connectivity index (χ0v) is 13.7. The van der Waals surface area contributed by atoms with Crippen LogP contribution in [-0.2, 0) is 4.79 Å². The van der Waals surface area contributed by atoms with Gasteiger partial charge in [0.15, 0.2) is 5.84 Å². The van der Waals surface area contributed by atoms with Crippen LogP contribution in [0.3, 0.4) is 0 Å². The Morgan fingerprint density at radius 2 is 1.86 bits per heavy atom. The lowest BCUT2D eigenvalue weighted by atomic mass is 9.79. The fraction of sp³-hybridized carbons (Fsp3) is 0.875. The summed E-state index contributed by atoms with van der Waals surface area (Å²) >= 11 is 0. The molecule has 0 atom stereocenters. The van der Waals surface area contributed by atoms with Crippen molar-refractivity contribution in [2.75, 3.05) is 6.54 Å². The molecule has 5 nitrogen and oxygen atoms in total. The maximum Gasteiger partial charge on any atom is 0.233 e. The van der Waals surface area contributed by atoms with Gasteiger partial charge in [0.25, 0.3) is 0 Å². The standard InChI is InChI=1S/C16H31N3O2/c1-4-16(5-2,14(17)19-21)15(20)18-11-10-13-8-6-12(3)7-9-13/h12-13,21H,4-11H2,1-3H3,(H2,17,19)(H,18,20). The van der Waals surface area contributed by atoms with E-state index in [-0.39, 0.29) is 11.7 Å². The molecule has 1 amide bonds. The summed E-state index contributed by atoms with van der Waals surface area (Å²) in [5.74, 6) is 1.47. The second-order valence-corrected chi connectivity index (χ2v) is 6.44. The van der Waals surface area contributed by atoms with E-state index in [2.05, 4.69) is 17.4 Å². The summed E-state index contributed by atoms with van der Waals surface area (Å²) < 4.78 is 0. The van der Waals surface area contributed by atoms with Crippen molar-refractivity contribution >= 4 is 11.7 Å². The van der Waals surface area contributed by atoms with E-state index in [1.807, 2.05) is 13.8 Å². The Morgan fingerprint density at radius 3 is 2.33 bits per heavy atom.